The zero-order chi connectivity index (χ0) is 12.4. The zero-order valence-electron chi connectivity index (χ0n) is 10.5. The monoisotopic (exact) mass is 230 g/mol. The van der Waals surface area contributed by atoms with E-state index in [0.717, 1.165) is 17.0 Å². The molecule has 0 aliphatic carbocycles. The lowest BCUT2D eigenvalue weighted by atomic mass is 10.0. The Morgan fingerprint density at radius 1 is 1.35 bits per heavy atom. The topological polar surface area (TPSA) is 56.7 Å². The predicted octanol–water partition coefficient (Wildman–Crippen LogP) is 1.83. The van der Waals surface area contributed by atoms with Gasteiger partial charge >= 0.3 is 0 Å². The minimum Gasteiger partial charge on any atom is -0.326 e. The van der Waals surface area contributed by atoms with Crippen LogP contribution in [0.3, 0.4) is 0 Å². The quantitative estimate of drug-likeness (QED) is 0.875. The van der Waals surface area contributed by atoms with Crippen molar-refractivity contribution in [2.45, 2.75) is 32.9 Å². The number of nitrogens with zero attached hydrogens (tertiary/aromatic N) is 3. The van der Waals surface area contributed by atoms with Gasteiger partial charge in [0.15, 0.2) is 0 Å². The van der Waals surface area contributed by atoms with E-state index in [1.807, 2.05) is 43.8 Å². The van der Waals surface area contributed by atoms with Crippen molar-refractivity contribution in [1.29, 1.82) is 0 Å². The van der Waals surface area contributed by atoms with Gasteiger partial charge in [0.05, 0.1) is 11.7 Å². The van der Waals surface area contributed by atoms with Gasteiger partial charge in [-0.15, -0.1) is 0 Å². The summed E-state index contributed by atoms with van der Waals surface area (Å²) in [5.74, 6) is 0. The van der Waals surface area contributed by atoms with Gasteiger partial charge < -0.3 is 5.73 Å². The first-order valence-electron chi connectivity index (χ1n) is 5.78. The number of aromatic nitrogens is 3. The lowest BCUT2D eigenvalue weighted by Gasteiger charge is -2.23. The van der Waals surface area contributed by atoms with Gasteiger partial charge in [0.25, 0.3) is 0 Å². The van der Waals surface area contributed by atoms with Crippen LogP contribution in [0.25, 0.3) is 0 Å². The first kappa shape index (κ1) is 11.8. The summed E-state index contributed by atoms with van der Waals surface area (Å²) in [5.41, 5.74) is 9.31. The van der Waals surface area contributed by atoms with Crippen LogP contribution in [0.4, 0.5) is 0 Å². The molecule has 4 heteroatoms. The van der Waals surface area contributed by atoms with Gasteiger partial charge in [0.1, 0.15) is 0 Å². The molecule has 0 fully saturated rings. The van der Waals surface area contributed by atoms with Crippen molar-refractivity contribution in [3.63, 3.8) is 0 Å². The van der Waals surface area contributed by atoms with Crippen LogP contribution in [0.2, 0.25) is 0 Å². The Balaban J connectivity index is 2.47. The van der Waals surface area contributed by atoms with Crippen LogP contribution in [0.5, 0.6) is 0 Å². The lowest BCUT2D eigenvalue weighted by molar-refractivity contribution is 0.442. The molecular formula is C13H18N4. The number of rotatable bonds is 3. The van der Waals surface area contributed by atoms with Crippen molar-refractivity contribution in [2.75, 3.05) is 0 Å². The van der Waals surface area contributed by atoms with Gasteiger partial charge in [0.2, 0.25) is 0 Å². The van der Waals surface area contributed by atoms with Gasteiger partial charge in [-0.1, -0.05) is 6.07 Å². The van der Waals surface area contributed by atoms with Crippen molar-refractivity contribution in [3.05, 3.63) is 47.5 Å². The number of nitrogens with two attached hydrogens (primary N) is 1. The maximum absolute atomic E-state index is 6.09. The molecule has 2 aromatic heterocycles. The maximum atomic E-state index is 6.09. The standard InChI is InChI=1S/C13H18N4/c1-9-7-10(2)17(16-9)13(11(3)14)12-5-4-6-15-8-12/h4-8,11,13H,14H2,1-3H3. The molecule has 0 aliphatic rings. The third-order valence-corrected chi connectivity index (χ3v) is 2.83. The summed E-state index contributed by atoms with van der Waals surface area (Å²) in [6, 6.07) is 6.05. The molecule has 0 amide bonds. The normalized spacial score (nSPS) is 14.6. The summed E-state index contributed by atoms with van der Waals surface area (Å²) in [6.07, 6.45) is 3.62. The Labute approximate surface area is 101 Å². The molecule has 0 spiro atoms. The molecule has 2 atom stereocenters. The molecule has 0 saturated carbocycles. The highest BCUT2D eigenvalue weighted by Crippen LogP contribution is 2.21. The molecule has 0 radical (unpaired) electrons. The Morgan fingerprint density at radius 2 is 2.12 bits per heavy atom. The van der Waals surface area contributed by atoms with E-state index in [2.05, 4.69) is 16.1 Å². The van der Waals surface area contributed by atoms with Crippen LogP contribution in [0, 0.1) is 13.8 Å². The second kappa shape index (κ2) is 4.67. The molecular weight excluding hydrogens is 212 g/mol. The molecule has 0 aliphatic heterocycles. The van der Waals surface area contributed by atoms with Gasteiger partial charge in [-0.25, -0.2) is 0 Å². The largest absolute Gasteiger partial charge is 0.326 e. The van der Waals surface area contributed by atoms with Crippen LogP contribution in [0.15, 0.2) is 30.6 Å². The van der Waals surface area contributed by atoms with E-state index in [0.29, 0.717) is 0 Å². The maximum Gasteiger partial charge on any atom is 0.0934 e. The Kier molecular flexibility index (Phi) is 3.24. The molecule has 2 unspecified atom stereocenters. The zero-order valence-corrected chi connectivity index (χ0v) is 10.5. The van der Waals surface area contributed by atoms with Crippen LogP contribution < -0.4 is 5.73 Å². The Morgan fingerprint density at radius 3 is 2.59 bits per heavy atom. The van der Waals surface area contributed by atoms with Crippen LogP contribution in [-0.4, -0.2) is 20.8 Å². The van der Waals surface area contributed by atoms with Crippen LogP contribution in [-0.2, 0) is 0 Å². The average molecular weight is 230 g/mol. The van der Waals surface area contributed by atoms with E-state index < -0.39 is 0 Å². The molecule has 90 valence electrons. The summed E-state index contributed by atoms with van der Waals surface area (Å²) in [7, 11) is 0. The van der Waals surface area contributed by atoms with Crippen molar-refractivity contribution < 1.29 is 0 Å². The number of pyridine rings is 1. The van der Waals surface area contributed by atoms with Crippen molar-refractivity contribution in [3.8, 4) is 0 Å². The van der Waals surface area contributed by atoms with E-state index in [1.54, 1.807) is 6.20 Å². The molecule has 17 heavy (non-hydrogen) atoms. The smallest absolute Gasteiger partial charge is 0.0934 e. The van der Waals surface area contributed by atoms with E-state index in [4.69, 9.17) is 5.73 Å². The SMILES string of the molecule is Cc1cc(C)n(C(c2cccnc2)C(C)N)n1. The Bertz CT molecular complexity index is 487. The molecule has 2 aromatic rings. The fourth-order valence-corrected chi connectivity index (χ4v) is 2.15. The van der Waals surface area contributed by atoms with Crippen LogP contribution >= 0.6 is 0 Å². The summed E-state index contributed by atoms with van der Waals surface area (Å²) in [4.78, 5) is 4.15. The molecule has 0 saturated heterocycles. The minimum atomic E-state index is -0.0165. The molecule has 2 N–H and O–H groups in total. The predicted molar refractivity (Wildman–Crippen MR) is 67.7 cm³/mol. The highest BCUT2D eigenvalue weighted by Gasteiger charge is 2.20. The van der Waals surface area contributed by atoms with Gasteiger partial charge in [-0.3, -0.25) is 9.67 Å². The van der Waals surface area contributed by atoms with Crippen molar-refractivity contribution in [2.24, 2.45) is 5.73 Å². The van der Waals surface area contributed by atoms with Gasteiger partial charge in [-0.05, 0) is 38.5 Å². The summed E-state index contributed by atoms with van der Waals surface area (Å²) in [6.45, 7) is 6.03. The molecule has 2 heterocycles. The van der Waals surface area contributed by atoms with Crippen molar-refractivity contribution in [1.82, 2.24) is 14.8 Å². The summed E-state index contributed by atoms with van der Waals surface area (Å²) < 4.78 is 1.98. The van der Waals surface area contributed by atoms with E-state index in [9.17, 15) is 0 Å². The highest BCUT2D eigenvalue weighted by molar-refractivity contribution is 5.19. The second-order valence-electron chi connectivity index (χ2n) is 4.46. The molecule has 0 bridgehead atoms. The summed E-state index contributed by atoms with van der Waals surface area (Å²) >= 11 is 0. The fourth-order valence-electron chi connectivity index (χ4n) is 2.15. The number of hydrogen-bond acceptors (Lipinski definition) is 3. The van der Waals surface area contributed by atoms with Gasteiger partial charge in [-0.2, -0.15) is 5.10 Å². The molecule has 2 rings (SSSR count). The third-order valence-electron chi connectivity index (χ3n) is 2.83. The lowest BCUT2D eigenvalue weighted by Crippen LogP contribution is -2.31. The van der Waals surface area contributed by atoms with E-state index in [1.165, 1.54) is 0 Å². The molecule has 4 nitrogen and oxygen atoms in total. The van der Waals surface area contributed by atoms with Gasteiger partial charge in [0, 0.05) is 24.1 Å². The highest BCUT2D eigenvalue weighted by atomic mass is 15.3. The van der Waals surface area contributed by atoms with Crippen LogP contribution in [0.1, 0.15) is 29.9 Å². The summed E-state index contributed by atoms with van der Waals surface area (Å²) in [5, 5.41) is 4.52. The van der Waals surface area contributed by atoms with E-state index >= 15 is 0 Å². The number of hydrogen-bond donors (Lipinski definition) is 1. The minimum absolute atomic E-state index is 0.0165. The fraction of sp³-hybridized carbons (Fsp3) is 0.385. The molecule has 0 aromatic carbocycles. The first-order chi connectivity index (χ1) is 8.09. The Hall–Kier alpha value is -1.68. The third kappa shape index (κ3) is 2.36. The van der Waals surface area contributed by atoms with Crippen molar-refractivity contribution >= 4 is 0 Å². The second-order valence-corrected chi connectivity index (χ2v) is 4.46. The van der Waals surface area contributed by atoms with E-state index in [-0.39, 0.29) is 12.1 Å². The number of aryl methyl sites for hydroxylation is 2. The average Bonchev–Trinajstić information content (AvgIpc) is 2.59. The first-order valence-corrected chi connectivity index (χ1v) is 5.78.